The van der Waals surface area contributed by atoms with Gasteiger partial charge in [0.15, 0.2) is 0 Å². The molecule has 0 aliphatic heterocycles. The molecule has 0 aliphatic rings. The van der Waals surface area contributed by atoms with Gasteiger partial charge in [-0.25, -0.2) is 9.78 Å². The van der Waals surface area contributed by atoms with Crippen LogP contribution in [0.3, 0.4) is 0 Å². The lowest BCUT2D eigenvalue weighted by Gasteiger charge is -2.13. The fourth-order valence-corrected chi connectivity index (χ4v) is 1.61. The third-order valence-electron chi connectivity index (χ3n) is 2.61. The minimum absolute atomic E-state index is 0.0537. The highest BCUT2D eigenvalue weighted by Crippen LogP contribution is 2.11. The van der Waals surface area contributed by atoms with Crippen LogP contribution < -0.4 is 5.32 Å². The molecule has 8 heteroatoms. The molecular weight excluding hydrogens is 264 g/mol. The normalized spacial score (nSPS) is 11.8. The zero-order chi connectivity index (χ0) is 14.5. The minimum atomic E-state index is -1.16. The van der Waals surface area contributed by atoms with Crippen LogP contribution in [0.4, 0.5) is 0 Å². The van der Waals surface area contributed by atoms with Gasteiger partial charge in [0.25, 0.3) is 5.91 Å². The molecule has 104 valence electrons. The van der Waals surface area contributed by atoms with Crippen LogP contribution in [0.15, 0.2) is 30.6 Å². The van der Waals surface area contributed by atoms with Crippen LogP contribution >= 0.6 is 0 Å². The number of aliphatic carboxylic acids is 1. The molecule has 2 aromatic rings. The van der Waals surface area contributed by atoms with E-state index in [0.29, 0.717) is 5.56 Å². The second kappa shape index (κ2) is 5.83. The molecular formula is C12H12N4O4. The van der Waals surface area contributed by atoms with Crippen molar-refractivity contribution in [1.29, 1.82) is 0 Å². The van der Waals surface area contributed by atoms with E-state index in [0.717, 1.165) is 6.33 Å². The monoisotopic (exact) mass is 276 g/mol. The van der Waals surface area contributed by atoms with Crippen molar-refractivity contribution in [1.82, 2.24) is 20.5 Å². The van der Waals surface area contributed by atoms with Gasteiger partial charge in [-0.1, -0.05) is 12.1 Å². The van der Waals surface area contributed by atoms with E-state index in [-0.39, 0.29) is 18.0 Å². The Balaban J connectivity index is 2.06. The summed E-state index contributed by atoms with van der Waals surface area (Å²) in [5.41, 5.74) is 0.674. The summed E-state index contributed by atoms with van der Waals surface area (Å²) in [5.74, 6) is -1.77. The Labute approximate surface area is 113 Å². The summed E-state index contributed by atoms with van der Waals surface area (Å²) in [5, 5.41) is 26.5. The lowest BCUT2D eigenvalue weighted by Crippen LogP contribution is -2.42. The van der Waals surface area contributed by atoms with Gasteiger partial charge in [-0.05, 0) is 17.7 Å². The first-order valence-electron chi connectivity index (χ1n) is 5.73. The van der Waals surface area contributed by atoms with Gasteiger partial charge in [-0.2, -0.15) is 5.10 Å². The van der Waals surface area contributed by atoms with Gasteiger partial charge in [-0.3, -0.25) is 9.89 Å². The largest absolute Gasteiger partial charge is 0.508 e. The molecule has 0 unspecified atom stereocenters. The first kappa shape index (κ1) is 13.5. The molecule has 0 saturated carbocycles. The van der Waals surface area contributed by atoms with Gasteiger partial charge in [-0.15, -0.1) is 0 Å². The summed E-state index contributed by atoms with van der Waals surface area (Å²) in [4.78, 5) is 26.5. The molecule has 4 N–H and O–H groups in total. The first-order chi connectivity index (χ1) is 9.56. The molecule has 1 aromatic heterocycles. The van der Waals surface area contributed by atoms with Crippen molar-refractivity contribution in [3.8, 4) is 5.75 Å². The molecule has 0 spiro atoms. The van der Waals surface area contributed by atoms with Crippen molar-refractivity contribution in [2.24, 2.45) is 0 Å². The topological polar surface area (TPSA) is 128 Å². The Morgan fingerprint density at radius 2 is 2.00 bits per heavy atom. The van der Waals surface area contributed by atoms with Gasteiger partial charge in [0.2, 0.25) is 5.82 Å². The number of nitrogens with one attached hydrogen (secondary N) is 2. The molecule has 20 heavy (non-hydrogen) atoms. The molecule has 8 nitrogen and oxygen atoms in total. The maximum atomic E-state index is 11.7. The van der Waals surface area contributed by atoms with Crippen LogP contribution in [0.1, 0.15) is 16.2 Å². The van der Waals surface area contributed by atoms with E-state index < -0.39 is 17.9 Å². The molecule has 2 rings (SSSR count). The van der Waals surface area contributed by atoms with Crippen LogP contribution in [0, 0.1) is 0 Å². The average Bonchev–Trinajstić information content (AvgIpc) is 2.94. The van der Waals surface area contributed by atoms with Crippen LogP contribution in [-0.2, 0) is 11.2 Å². The zero-order valence-corrected chi connectivity index (χ0v) is 10.3. The van der Waals surface area contributed by atoms with E-state index >= 15 is 0 Å². The van der Waals surface area contributed by atoms with E-state index in [1.54, 1.807) is 12.1 Å². The number of carbonyl (C=O) groups excluding carboxylic acids is 1. The van der Waals surface area contributed by atoms with E-state index in [1.807, 2.05) is 0 Å². The summed E-state index contributed by atoms with van der Waals surface area (Å²) in [7, 11) is 0. The van der Waals surface area contributed by atoms with Crippen molar-refractivity contribution < 1.29 is 19.8 Å². The summed E-state index contributed by atoms with van der Waals surface area (Å²) in [6.45, 7) is 0. The molecule has 0 radical (unpaired) electrons. The van der Waals surface area contributed by atoms with Crippen molar-refractivity contribution in [3.63, 3.8) is 0 Å². The van der Waals surface area contributed by atoms with Gasteiger partial charge in [0, 0.05) is 6.42 Å². The number of amides is 1. The van der Waals surface area contributed by atoms with Gasteiger partial charge in [0.05, 0.1) is 0 Å². The number of aromatic amines is 1. The lowest BCUT2D eigenvalue weighted by atomic mass is 10.1. The predicted molar refractivity (Wildman–Crippen MR) is 67.1 cm³/mol. The number of aromatic hydroxyl groups is 1. The highest BCUT2D eigenvalue weighted by atomic mass is 16.4. The summed E-state index contributed by atoms with van der Waals surface area (Å²) < 4.78 is 0. The number of hydrogen-bond donors (Lipinski definition) is 4. The molecule has 1 aromatic carbocycles. The number of carboxylic acids is 1. The number of benzene rings is 1. The van der Waals surface area contributed by atoms with Gasteiger partial charge >= 0.3 is 5.97 Å². The van der Waals surface area contributed by atoms with E-state index in [9.17, 15) is 9.59 Å². The molecule has 1 heterocycles. The number of H-pyrrole nitrogens is 1. The molecule has 1 atom stereocenters. The summed E-state index contributed by atoms with van der Waals surface area (Å²) in [6.07, 6.45) is 1.25. The number of carboxylic acid groups (broad SMARTS) is 1. The second-order valence-electron chi connectivity index (χ2n) is 4.07. The van der Waals surface area contributed by atoms with E-state index in [1.165, 1.54) is 12.1 Å². The predicted octanol–water partition coefficient (Wildman–Crippen LogP) is -0.0640. The highest BCUT2D eigenvalue weighted by Gasteiger charge is 2.22. The van der Waals surface area contributed by atoms with E-state index in [4.69, 9.17) is 10.2 Å². The first-order valence-corrected chi connectivity index (χ1v) is 5.73. The Morgan fingerprint density at radius 3 is 2.55 bits per heavy atom. The quantitative estimate of drug-likeness (QED) is 0.605. The smallest absolute Gasteiger partial charge is 0.326 e. The fourth-order valence-electron chi connectivity index (χ4n) is 1.61. The van der Waals surface area contributed by atoms with Gasteiger partial charge < -0.3 is 15.5 Å². The third-order valence-corrected chi connectivity index (χ3v) is 2.61. The average molecular weight is 276 g/mol. The Hall–Kier alpha value is -2.90. The number of phenolic OH excluding ortho intramolecular Hbond substituents is 1. The van der Waals surface area contributed by atoms with Gasteiger partial charge in [0.1, 0.15) is 18.1 Å². The number of phenols is 1. The van der Waals surface area contributed by atoms with Crippen LogP contribution in [-0.4, -0.2) is 43.3 Å². The van der Waals surface area contributed by atoms with Crippen LogP contribution in [0.25, 0.3) is 0 Å². The minimum Gasteiger partial charge on any atom is -0.508 e. The van der Waals surface area contributed by atoms with Crippen molar-refractivity contribution in [3.05, 3.63) is 42.0 Å². The summed E-state index contributed by atoms with van der Waals surface area (Å²) in [6, 6.07) is 4.98. The van der Waals surface area contributed by atoms with Crippen molar-refractivity contribution in [2.45, 2.75) is 12.5 Å². The van der Waals surface area contributed by atoms with Crippen LogP contribution in [0.5, 0.6) is 5.75 Å². The lowest BCUT2D eigenvalue weighted by molar-refractivity contribution is -0.139. The molecule has 0 saturated heterocycles. The maximum absolute atomic E-state index is 11.7. The number of aromatic nitrogens is 3. The molecule has 0 bridgehead atoms. The summed E-state index contributed by atoms with van der Waals surface area (Å²) >= 11 is 0. The van der Waals surface area contributed by atoms with Crippen molar-refractivity contribution >= 4 is 11.9 Å². The van der Waals surface area contributed by atoms with E-state index in [2.05, 4.69) is 20.5 Å². The Morgan fingerprint density at radius 1 is 1.30 bits per heavy atom. The Kier molecular flexibility index (Phi) is 3.94. The molecule has 1 amide bonds. The fraction of sp³-hybridized carbons (Fsp3) is 0.167. The standard InChI is InChI=1S/C12H12N4O4/c17-8-3-1-7(2-4-8)5-9(12(19)20)15-11(18)10-13-6-14-16-10/h1-4,6,9,17H,5H2,(H,15,18)(H,19,20)(H,13,14,16)/t9-/m1/s1. The Bertz CT molecular complexity index is 594. The SMILES string of the molecule is O=C(N[C@H](Cc1ccc(O)cc1)C(=O)O)c1ncn[nH]1. The number of carbonyl (C=O) groups is 2. The zero-order valence-electron chi connectivity index (χ0n) is 10.3. The third kappa shape index (κ3) is 3.31. The number of nitrogens with zero attached hydrogens (tertiary/aromatic N) is 2. The van der Waals surface area contributed by atoms with Crippen molar-refractivity contribution in [2.75, 3.05) is 0 Å². The van der Waals surface area contributed by atoms with Crippen LogP contribution in [0.2, 0.25) is 0 Å². The highest BCUT2D eigenvalue weighted by molar-refractivity contribution is 5.93. The molecule has 0 fully saturated rings. The maximum Gasteiger partial charge on any atom is 0.326 e. The molecule has 0 aliphatic carbocycles. The number of rotatable bonds is 5. The second-order valence-corrected chi connectivity index (χ2v) is 4.07. The number of hydrogen-bond acceptors (Lipinski definition) is 5.